The maximum absolute atomic E-state index is 12.7. The van der Waals surface area contributed by atoms with Gasteiger partial charge in [0.05, 0.1) is 0 Å². The minimum absolute atomic E-state index is 0.0669. The van der Waals surface area contributed by atoms with E-state index in [1.165, 1.54) is 128 Å². The van der Waals surface area contributed by atoms with Crippen molar-refractivity contribution in [2.45, 2.75) is 253 Å². The lowest BCUT2D eigenvalue weighted by atomic mass is 9.99. The molecule has 0 aliphatic rings. The Balaban J connectivity index is 4.31. The third kappa shape index (κ3) is 39.9. The lowest BCUT2D eigenvalue weighted by Crippen LogP contribution is -2.30. The Kier molecular flexibility index (Phi) is 37.5. The van der Waals surface area contributed by atoms with Gasteiger partial charge in [0.2, 0.25) is 0 Å². The summed E-state index contributed by atoms with van der Waals surface area (Å²) in [7, 11) is 0. The van der Waals surface area contributed by atoms with E-state index < -0.39 is 6.10 Å². The van der Waals surface area contributed by atoms with Crippen LogP contribution in [0.15, 0.2) is 0 Å². The molecule has 0 rings (SSSR count). The van der Waals surface area contributed by atoms with E-state index in [-0.39, 0.29) is 31.1 Å². The van der Waals surface area contributed by atoms with Crippen LogP contribution < -0.4 is 0 Å². The van der Waals surface area contributed by atoms with Crippen molar-refractivity contribution < 1.29 is 28.6 Å². The van der Waals surface area contributed by atoms with Gasteiger partial charge in [0.15, 0.2) is 6.10 Å². The van der Waals surface area contributed by atoms with E-state index in [1.54, 1.807) is 0 Å². The molecule has 0 aromatic heterocycles. The first-order valence-electron chi connectivity index (χ1n) is 23.1. The molecule has 53 heavy (non-hydrogen) atoms. The van der Waals surface area contributed by atoms with Crippen LogP contribution in [-0.4, -0.2) is 37.2 Å². The van der Waals surface area contributed by atoms with Crippen LogP contribution in [0.3, 0.4) is 0 Å². The predicted molar refractivity (Wildman–Crippen MR) is 224 cm³/mol. The summed E-state index contributed by atoms with van der Waals surface area (Å²) in [6, 6.07) is 0. The number of unbranched alkanes of at least 4 members (excludes halogenated alkanes) is 22. The molecule has 0 amide bonds. The van der Waals surface area contributed by atoms with E-state index in [0.717, 1.165) is 75.5 Å². The van der Waals surface area contributed by atoms with Gasteiger partial charge >= 0.3 is 17.9 Å². The highest BCUT2D eigenvalue weighted by atomic mass is 16.6. The highest BCUT2D eigenvalue weighted by molar-refractivity contribution is 5.71. The molecule has 0 spiro atoms. The van der Waals surface area contributed by atoms with Crippen molar-refractivity contribution in [3.63, 3.8) is 0 Å². The van der Waals surface area contributed by atoms with Crippen LogP contribution in [0.1, 0.15) is 247 Å². The van der Waals surface area contributed by atoms with Crippen molar-refractivity contribution in [1.82, 2.24) is 0 Å². The van der Waals surface area contributed by atoms with Gasteiger partial charge in [-0.2, -0.15) is 0 Å². The largest absolute Gasteiger partial charge is 0.462 e. The highest BCUT2D eigenvalue weighted by Gasteiger charge is 2.19. The smallest absolute Gasteiger partial charge is 0.306 e. The zero-order chi connectivity index (χ0) is 39.2. The Labute approximate surface area is 329 Å². The number of esters is 3. The van der Waals surface area contributed by atoms with Crippen molar-refractivity contribution in [2.24, 2.45) is 17.8 Å². The fourth-order valence-corrected chi connectivity index (χ4v) is 6.85. The van der Waals surface area contributed by atoms with Gasteiger partial charge in [0.1, 0.15) is 13.2 Å². The topological polar surface area (TPSA) is 78.9 Å². The fraction of sp³-hybridized carbons (Fsp3) is 0.936. The number of rotatable bonds is 40. The van der Waals surface area contributed by atoms with Crippen LogP contribution in [0.4, 0.5) is 0 Å². The second-order valence-corrected chi connectivity index (χ2v) is 17.2. The van der Waals surface area contributed by atoms with Crippen molar-refractivity contribution in [1.29, 1.82) is 0 Å². The zero-order valence-electron chi connectivity index (χ0n) is 36.3. The third-order valence-electron chi connectivity index (χ3n) is 10.8. The van der Waals surface area contributed by atoms with Gasteiger partial charge < -0.3 is 14.2 Å². The summed E-state index contributed by atoms with van der Waals surface area (Å²) < 4.78 is 16.7. The van der Waals surface area contributed by atoms with Crippen LogP contribution >= 0.6 is 0 Å². The number of hydrogen-bond acceptors (Lipinski definition) is 6. The van der Waals surface area contributed by atoms with E-state index >= 15 is 0 Å². The monoisotopic (exact) mass is 751 g/mol. The molecule has 2 atom stereocenters. The molecule has 0 aliphatic heterocycles. The Morgan fingerprint density at radius 3 is 0.981 bits per heavy atom. The SMILES string of the molecule is CCC(C)CCCCCCCCCCCCC(=O)OC[C@@H](COC(=O)CCCCCCCCCCCC(C)C)OC(=O)CCCCCCCCC(C)C. The number of carbonyl (C=O) groups is 3. The molecule has 0 aromatic rings. The first-order valence-corrected chi connectivity index (χ1v) is 23.1. The first-order chi connectivity index (χ1) is 25.6. The predicted octanol–water partition coefficient (Wildman–Crippen LogP) is 14.4. The molecular formula is C47H90O6. The molecule has 314 valence electrons. The lowest BCUT2D eigenvalue weighted by Gasteiger charge is -2.18. The lowest BCUT2D eigenvalue weighted by molar-refractivity contribution is -0.167. The van der Waals surface area contributed by atoms with E-state index in [0.29, 0.717) is 19.3 Å². The van der Waals surface area contributed by atoms with Gasteiger partial charge in [0.25, 0.3) is 0 Å². The Bertz CT molecular complexity index is 824. The second-order valence-electron chi connectivity index (χ2n) is 17.2. The summed E-state index contributed by atoms with van der Waals surface area (Å²) in [5.41, 5.74) is 0. The molecule has 0 fully saturated rings. The molecule has 0 aromatic carbocycles. The number of carbonyl (C=O) groups excluding carboxylic acids is 3. The summed E-state index contributed by atoms with van der Waals surface area (Å²) in [6.45, 7) is 13.6. The number of ether oxygens (including phenoxy) is 3. The standard InChI is InChI=1S/C47H90O6/c1-7-43(6)35-29-23-16-12-8-9-13-17-24-30-36-45(48)51-39-44(53-47(50)38-32-26-20-19-22-28-34-42(4)5)40-52-46(49)37-31-25-18-14-10-11-15-21-27-33-41(2)3/h41-44H,7-40H2,1-6H3/t43?,44-/m0/s1. The van der Waals surface area contributed by atoms with Gasteiger partial charge in [-0.3, -0.25) is 14.4 Å². The van der Waals surface area contributed by atoms with E-state index in [1.807, 2.05) is 0 Å². The Morgan fingerprint density at radius 2 is 0.660 bits per heavy atom. The Hall–Kier alpha value is -1.59. The molecule has 0 saturated carbocycles. The van der Waals surface area contributed by atoms with Gasteiger partial charge in [0, 0.05) is 19.3 Å². The molecule has 0 aliphatic carbocycles. The molecule has 0 N–H and O–H groups in total. The summed E-state index contributed by atoms with van der Waals surface area (Å²) in [5.74, 6) is 1.57. The molecular weight excluding hydrogens is 661 g/mol. The maximum atomic E-state index is 12.7. The summed E-state index contributed by atoms with van der Waals surface area (Å²) in [6.07, 6.45) is 35.3. The maximum Gasteiger partial charge on any atom is 0.306 e. The second kappa shape index (κ2) is 38.7. The zero-order valence-corrected chi connectivity index (χ0v) is 36.3. The molecule has 0 radical (unpaired) electrons. The molecule has 6 nitrogen and oxygen atoms in total. The first kappa shape index (κ1) is 51.4. The van der Waals surface area contributed by atoms with Crippen molar-refractivity contribution in [2.75, 3.05) is 13.2 Å². The minimum atomic E-state index is -0.762. The summed E-state index contributed by atoms with van der Waals surface area (Å²) in [5, 5.41) is 0. The van der Waals surface area contributed by atoms with Crippen LogP contribution in [0.25, 0.3) is 0 Å². The average molecular weight is 751 g/mol. The van der Waals surface area contributed by atoms with Gasteiger partial charge in [-0.15, -0.1) is 0 Å². The third-order valence-corrected chi connectivity index (χ3v) is 10.8. The molecule has 6 heteroatoms. The van der Waals surface area contributed by atoms with E-state index in [4.69, 9.17) is 14.2 Å². The van der Waals surface area contributed by atoms with Crippen LogP contribution in [0.5, 0.6) is 0 Å². The van der Waals surface area contributed by atoms with Gasteiger partial charge in [-0.25, -0.2) is 0 Å². The van der Waals surface area contributed by atoms with Crippen LogP contribution in [-0.2, 0) is 28.6 Å². The molecule has 0 heterocycles. The molecule has 0 bridgehead atoms. The fourth-order valence-electron chi connectivity index (χ4n) is 6.85. The highest BCUT2D eigenvalue weighted by Crippen LogP contribution is 2.17. The quantitative estimate of drug-likeness (QED) is 0.0352. The average Bonchev–Trinajstić information content (AvgIpc) is 3.12. The van der Waals surface area contributed by atoms with Crippen LogP contribution in [0, 0.1) is 17.8 Å². The van der Waals surface area contributed by atoms with Crippen molar-refractivity contribution in [3.8, 4) is 0 Å². The van der Waals surface area contributed by atoms with Crippen LogP contribution in [0.2, 0.25) is 0 Å². The normalized spacial score (nSPS) is 12.7. The molecule has 1 unspecified atom stereocenters. The van der Waals surface area contributed by atoms with Gasteiger partial charge in [-0.1, -0.05) is 208 Å². The van der Waals surface area contributed by atoms with Crippen molar-refractivity contribution in [3.05, 3.63) is 0 Å². The summed E-state index contributed by atoms with van der Waals surface area (Å²) >= 11 is 0. The van der Waals surface area contributed by atoms with E-state index in [9.17, 15) is 14.4 Å². The van der Waals surface area contributed by atoms with Gasteiger partial charge in [-0.05, 0) is 37.0 Å². The molecule has 0 saturated heterocycles. The number of hydrogen-bond donors (Lipinski definition) is 0. The minimum Gasteiger partial charge on any atom is -0.462 e. The van der Waals surface area contributed by atoms with E-state index in [2.05, 4.69) is 41.5 Å². The summed E-state index contributed by atoms with van der Waals surface area (Å²) in [4.78, 5) is 37.7. The Morgan fingerprint density at radius 1 is 0.377 bits per heavy atom. The van der Waals surface area contributed by atoms with Crippen molar-refractivity contribution >= 4 is 17.9 Å².